The molecule has 0 saturated heterocycles. The minimum absolute atomic E-state index is 0.580. The molecule has 0 aliphatic rings. The highest BCUT2D eigenvalue weighted by Gasteiger charge is 2.03. The lowest BCUT2D eigenvalue weighted by molar-refractivity contribution is -0.556. The van der Waals surface area contributed by atoms with Gasteiger partial charge in [-0.2, -0.15) is 0 Å². The highest BCUT2D eigenvalue weighted by molar-refractivity contribution is 4.89. The molecule has 0 radical (unpaired) electrons. The summed E-state index contributed by atoms with van der Waals surface area (Å²) >= 11 is 0. The van der Waals surface area contributed by atoms with Crippen molar-refractivity contribution in [1.82, 2.24) is 0 Å². The molecular formula is C9H18N+. The van der Waals surface area contributed by atoms with E-state index in [0.717, 1.165) is 0 Å². The zero-order valence-corrected chi connectivity index (χ0v) is 7.17. The molecule has 1 heteroatoms. The van der Waals surface area contributed by atoms with E-state index in [1.54, 1.807) is 0 Å². The van der Waals surface area contributed by atoms with Crippen molar-refractivity contribution in [1.29, 1.82) is 0 Å². The molecule has 1 nitrogen and oxygen atoms in total. The van der Waals surface area contributed by atoms with Gasteiger partial charge < -0.3 is 5.32 Å². The third kappa shape index (κ3) is 3.46. The van der Waals surface area contributed by atoms with Crippen molar-refractivity contribution in [2.45, 2.75) is 13.8 Å². The Morgan fingerprint density at radius 3 is 2.30 bits per heavy atom. The van der Waals surface area contributed by atoms with Gasteiger partial charge in [0.15, 0.2) is 0 Å². The summed E-state index contributed by atoms with van der Waals surface area (Å²) in [5.41, 5.74) is 0. The minimum Gasteiger partial charge on any atom is -0.323 e. The number of rotatable bonds is 4. The molecule has 0 aliphatic heterocycles. The molecule has 2 unspecified atom stereocenters. The highest BCUT2D eigenvalue weighted by atomic mass is 14.8. The number of allylic oxidation sites excluding steroid dienone is 2. The summed E-state index contributed by atoms with van der Waals surface area (Å²) in [7, 11) is 2.03. The second-order valence-electron chi connectivity index (χ2n) is 2.67. The van der Waals surface area contributed by atoms with Gasteiger partial charge in [0, 0.05) is 0 Å². The van der Waals surface area contributed by atoms with Gasteiger partial charge in [-0.05, 0) is 17.9 Å². The van der Waals surface area contributed by atoms with Crippen LogP contribution in [0, 0.1) is 11.8 Å². The predicted molar refractivity (Wildman–Crippen MR) is 45.5 cm³/mol. The molecule has 0 fully saturated rings. The zero-order chi connectivity index (χ0) is 7.98. The van der Waals surface area contributed by atoms with E-state index in [9.17, 15) is 0 Å². The van der Waals surface area contributed by atoms with Gasteiger partial charge in [-0.15, -0.1) is 6.58 Å². The number of nitrogens with two attached hydrogens (primary N) is 1. The Balaban J connectivity index is 3.70. The molecule has 58 valence electrons. The summed E-state index contributed by atoms with van der Waals surface area (Å²) in [6, 6.07) is 0. The van der Waals surface area contributed by atoms with E-state index in [0.29, 0.717) is 11.8 Å². The molecule has 0 aromatic carbocycles. The van der Waals surface area contributed by atoms with Crippen LogP contribution in [0.5, 0.6) is 0 Å². The molecule has 2 atom stereocenters. The summed E-state index contributed by atoms with van der Waals surface area (Å²) < 4.78 is 0. The van der Waals surface area contributed by atoms with Crippen LogP contribution in [-0.2, 0) is 0 Å². The second-order valence-corrected chi connectivity index (χ2v) is 2.67. The Hall–Kier alpha value is -0.560. The van der Waals surface area contributed by atoms with Crippen molar-refractivity contribution in [2.24, 2.45) is 11.8 Å². The van der Waals surface area contributed by atoms with Crippen molar-refractivity contribution >= 4 is 0 Å². The first-order valence-corrected chi connectivity index (χ1v) is 3.81. The van der Waals surface area contributed by atoms with Crippen molar-refractivity contribution in [2.75, 3.05) is 7.05 Å². The molecule has 0 amide bonds. The molecular weight excluding hydrogens is 122 g/mol. The monoisotopic (exact) mass is 140 g/mol. The van der Waals surface area contributed by atoms with Crippen LogP contribution in [-0.4, -0.2) is 7.05 Å². The van der Waals surface area contributed by atoms with Crippen molar-refractivity contribution in [3.8, 4) is 0 Å². The molecule has 0 rings (SSSR count). The fourth-order valence-electron chi connectivity index (χ4n) is 0.676. The SMILES string of the molecule is C=CC(C)C(C)C=C[NH2+]C. The predicted octanol–water partition coefficient (Wildman–Crippen LogP) is 1.15. The van der Waals surface area contributed by atoms with Gasteiger partial charge in [0.25, 0.3) is 0 Å². The van der Waals surface area contributed by atoms with Crippen molar-refractivity contribution in [3.05, 3.63) is 24.9 Å². The molecule has 10 heavy (non-hydrogen) atoms. The maximum atomic E-state index is 3.75. The van der Waals surface area contributed by atoms with E-state index in [1.807, 2.05) is 18.4 Å². The maximum absolute atomic E-state index is 3.75. The Bertz CT molecular complexity index is 116. The first-order valence-electron chi connectivity index (χ1n) is 3.81. The first kappa shape index (κ1) is 9.44. The Kier molecular flexibility index (Phi) is 4.95. The largest absolute Gasteiger partial charge is 0.323 e. The van der Waals surface area contributed by atoms with E-state index in [-0.39, 0.29) is 0 Å². The van der Waals surface area contributed by atoms with Gasteiger partial charge in [0.2, 0.25) is 0 Å². The zero-order valence-electron chi connectivity index (χ0n) is 7.17. The third-order valence-corrected chi connectivity index (χ3v) is 1.81. The van der Waals surface area contributed by atoms with E-state index >= 15 is 0 Å². The van der Waals surface area contributed by atoms with E-state index < -0.39 is 0 Å². The van der Waals surface area contributed by atoms with Gasteiger partial charge in [-0.1, -0.05) is 19.9 Å². The lowest BCUT2D eigenvalue weighted by atomic mass is 9.96. The molecule has 0 saturated carbocycles. The van der Waals surface area contributed by atoms with Crippen LogP contribution in [0.1, 0.15) is 13.8 Å². The number of quaternary nitrogens is 1. The quantitative estimate of drug-likeness (QED) is 0.564. The fourth-order valence-corrected chi connectivity index (χ4v) is 0.676. The molecule has 0 aliphatic carbocycles. The Morgan fingerprint density at radius 1 is 1.30 bits per heavy atom. The fraction of sp³-hybridized carbons (Fsp3) is 0.556. The van der Waals surface area contributed by atoms with Gasteiger partial charge in [-0.3, -0.25) is 0 Å². The lowest BCUT2D eigenvalue weighted by Gasteiger charge is -2.09. The summed E-state index contributed by atoms with van der Waals surface area (Å²) in [5.74, 6) is 1.19. The van der Waals surface area contributed by atoms with Crippen LogP contribution in [0.15, 0.2) is 24.9 Å². The van der Waals surface area contributed by atoms with Crippen LogP contribution in [0.25, 0.3) is 0 Å². The lowest BCUT2D eigenvalue weighted by Crippen LogP contribution is -2.72. The highest BCUT2D eigenvalue weighted by Crippen LogP contribution is 2.11. The molecule has 0 heterocycles. The second kappa shape index (κ2) is 5.24. The van der Waals surface area contributed by atoms with E-state index in [4.69, 9.17) is 0 Å². The van der Waals surface area contributed by atoms with Gasteiger partial charge >= 0.3 is 0 Å². The third-order valence-electron chi connectivity index (χ3n) is 1.81. The van der Waals surface area contributed by atoms with Crippen LogP contribution in [0.2, 0.25) is 0 Å². The average Bonchev–Trinajstić information content (AvgIpc) is 1.98. The van der Waals surface area contributed by atoms with Gasteiger partial charge in [-0.25, -0.2) is 0 Å². The summed E-state index contributed by atoms with van der Waals surface area (Å²) in [4.78, 5) is 0. The standard InChI is InChI=1S/C9H17N/c1-5-8(2)9(3)6-7-10-4/h5-10H,1H2,2-4H3/p+1. The van der Waals surface area contributed by atoms with Crippen molar-refractivity contribution in [3.63, 3.8) is 0 Å². The number of hydrogen-bond acceptors (Lipinski definition) is 0. The van der Waals surface area contributed by atoms with E-state index in [1.165, 1.54) is 0 Å². The Morgan fingerprint density at radius 2 is 1.90 bits per heavy atom. The van der Waals surface area contributed by atoms with E-state index in [2.05, 4.69) is 32.7 Å². The van der Waals surface area contributed by atoms with Crippen LogP contribution >= 0.6 is 0 Å². The summed E-state index contributed by atoms with van der Waals surface area (Å²) in [6.07, 6.45) is 6.28. The minimum atomic E-state index is 0.580. The normalized spacial score (nSPS) is 17.1. The molecule has 0 aromatic heterocycles. The van der Waals surface area contributed by atoms with Crippen LogP contribution in [0.3, 0.4) is 0 Å². The average molecular weight is 140 g/mol. The summed E-state index contributed by atoms with van der Waals surface area (Å²) in [6.45, 7) is 8.12. The summed E-state index contributed by atoms with van der Waals surface area (Å²) in [5, 5.41) is 2.05. The van der Waals surface area contributed by atoms with Gasteiger partial charge in [0.1, 0.15) is 0 Å². The smallest absolute Gasteiger partial charge is 0.0885 e. The van der Waals surface area contributed by atoms with Gasteiger partial charge in [0.05, 0.1) is 13.2 Å². The topological polar surface area (TPSA) is 16.6 Å². The maximum Gasteiger partial charge on any atom is 0.0885 e. The van der Waals surface area contributed by atoms with Crippen LogP contribution < -0.4 is 5.32 Å². The molecule has 0 bridgehead atoms. The molecule has 2 N–H and O–H groups in total. The Labute approximate surface area is 63.8 Å². The molecule has 0 aromatic rings. The van der Waals surface area contributed by atoms with Crippen LogP contribution in [0.4, 0.5) is 0 Å². The van der Waals surface area contributed by atoms with Crippen molar-refractivity contribution < 1.29 is 5.32 Å². The number of hydrogen-bond donors (Lipinski definition) is 1. The first-order chi connectivity index (χ1) is 4.72. The molecule has 0 spiro atoms.